The van der Waals surface area contributed by atoms with E-state index in [-0.39, 0.29) is 74.5 Å². The third-order valence-electron chi connectivity index (χ3n) is 0. The van der Waals surface area contributed by atoms with Gasteiger partial charge >= 0.3 is 61.8 Å². The Labute approximate surface area is 100 Å². The Morgan fingerprint density at radius 2 is 1.29 bits per heavy atom. The van der Waals surface area contributed by atoms with Crippen molar-refractivity contribution in [1.82, 2.24) is 0 Å². The Bertz CT molecular complexity index is 99.2. The standard InChI is InChI=1S/K.H2O4S.Ti.H/c;1-5(2,3)4;;/h;(H2,1,2,3,4);;/q+1;;;-1. The minimum absolute atomic E-state index is 0. The van der Waals surface area contributed by atoms with Gasteiger partial charge in [-0.15, -0.1) is 0 Å². The molecule has 0 radical (unpaired) electrons. The van der Waals surface area contributed by atoms with Crippen LogP contribution in [0.2, 0.25) is 0 Å². The van der Waals surface area contributed by atoms with E-state index >= 15 is 0 Å². The summed E-state index contributed by atoms with van der Waals surface area (Å²) < 4.78 is 31.6. The largest absolute Gasteiger partial charge is 1.00 e. The third-order valence-corrected chi connectivity index (χ3v) is 0. The van der Waals surface area contributed by atoms with Crippen LogP contribution in [0.4, 0.5) is 0 Å². The molecule has 7 heavy (non-hydrogen) atoms. The number of hydrogen-bond acceptors (Lipinski definition) is 2. The van der Waals surface area contributed by atoms with Crippen LogP contribution < -0.4 is 51.4 Å². The van der Waals surface area contributed by atoms with Crippen LogP contribution in [0.1, 0.15) is 1.43 Å². The molecule has 0 aromatic carbocycles. The second-order valence-corrected chi connectivity index (χ2v) is 1.34. The zero-order valence-electron chi connectivity index (χ0n) is 4.62. The first-order chi connectivity index (χ1) is 2.00. The average Bonchev–Trinajstić information content (AvgIpc) is 0.722. The van der Waals surface area contributed by atoms with E-state index in [9.17, 15) is 0 Å². The summed E-state index contributed by atoms with van der Waals surface area (Å²) >= 11 is 0. The minimum atomic E-state index is -4.67. The van der Waals surface area contributed by atoms with Gasteiger partial charge in [0.1, 0.15) is 0 Å². The molecule has 0 fully saturated rings. The molecule has 7 heteroatoms. The van der Waals surface area contributed by atoms with E-state index in [1.165, 1.54) is 0 Å². The van der Waals surface area contributed by atoms with E-state index in [1.807, 2.05) is 0 Å². The maximum atomic E-state index is 8.74. The van der Waals surface area contributed by atoms with Gasteiger partial charge in [-0.2, -0.15) is 8.42 Å². The first-order valence-electron chi connectivity index (χ1n) is 0.698. The zero-order valence-corrected chi connectivity index (χ0v) is 9.12. The Hall–Kier alpha value is 2.22. The Morgan fingerprint density at radius 3 is 1.29 bits per heavy atom. The predicted octanol–water partition coefficient (Wildman–Crippen LogP) is -3.54. The molecule has 0 saturated heterocycles. The first-order valence-corrected chi connectivity index (χ1v) is 2.10. The first kappa shape index (κ1) is 16.1. The Morgan fingerprint density at radius 1 is 1.29 bits per heavy atom. The molecule has 0 aromatic heterocycles. The quantitative estimate of drug-likeness (QED) is 0.303. The van der Waals surface area contributed by atoms with Gasteiger partial charge in [0.05, 0.1) is 0 Å². The molecular formula is H3KO4STi. The van der Waals surface area contributed by atoms with Crippen LogP contribution in [0.5, 0.6) is 0 Å². The van der Waals surface area contributed by atoms with Crippen molar-refractivity contribution in [3.05, 3.63) is 0 Å². The summed E-state index contributed by atoms with van der Waals surface area (Å²) in [6, 6.07) is 0. The summed E-state index contributed by atoms with van der Waals surface area (Å²) in [7, 11) is -4.67. The van der Waals surface area contributed by atoms with Gasteiger partial charge in [0, 0.05) is 21.7 Å². The van der Waals surface area contributed by atoms with Crippen LogP contribution >= 0.6 is 0 Å². The van der Waals surface area contributed by atoms with Crippen molar-refractivity contribution in [2.24, 2.45) is 0 Å². The van der Waals surface area contributed by atoms with Crippen LogP contribution in [-0.4, -0.2) is 17.5 Å². The topological polar surface area (TPSA) is 74.6 Å². The molecule has 38 valence electrons. The summed E-state index contributed by atoms with van der Waals surface area (Å²) in [5, 5.41) is 0. The molecule has 0 aliphatic heterocycles. The molecule has 2 N–H and O–H groups in total. The van der Waals surface area contributed by atoms with E-state index in [4.69, 9.17) is 17.5 Å². The van der Waals surface area contributed by atoms with Crippen LogP contribution in [-0.2, 0) is 32.1 Å². The SMILES string of the molecule is O=S(=O)(O)O.[H-].[K+].[Ti]. The van der Waals surface area contributed by atoms with Gasteiger partial charge in [0.25, 0.3) is 0 Å². The Balaban J connectivity index is -0.0000000267. The van der Waals surface area contributed by atoms with Crippen LogP contribution in [0.15, 0.2) is 0 Å². The van der Waals surface area contributed by atoms with E-state index < -0.39 is 10.4 Å². The van der Waals surface area contributed by atoms with Crippen molar-refractivity contribution in [1.29, 1.82) is 0 Å². The summed E-state index contributed by atoms with van der Waals surface area (Å²) in [4.78, 5) is 0. The third kappa shape index (κ3) is 64.5. The number of rotatable bonds is 0. The van der Waals surface area contributed by atoms with Crippen LogP contribution in [0.25, 0.3) is 0 Å². The van der Waals surface area contributed by atoms with E-state index in [0.717, 1.165) is 0 Å². The van der Waals surface area contributed by atoms with Crippen molar-refractivity contribution in [2.75, 3.05) is 0 Å². The van der Waals surface area contributed by atoms with Crippen molar-refractivity contribution < 1.29 is 92.1 Å². The Kier molecular flexibility index (Phi) is 14.6. The molecule has 0 rings (SSSR count). The number of hydrogen-bond donors (Lipinski definition) is 2. The maximum Gasteiger partial charge on any atom is 1.00 e. The van der Waals surface area contributed by atoms with E-state index in [2.05, 4.69) is 0 Å². The average molecular weight is 186 g/mol. The fraction of sp³-hybridized carbons (Fsp3) is 0. The van der Waals surface area contributed by atoms with Crippen LogP contribution in [0.3, 0.4) is 0 Å². The maximum absolute atomic E-state index is 8.74. The summed E-state index contributed by atoms with van der Waals surface area (Å²) in [6.07, 6.45) is 0. The van der Waals surface area contributed by atoms with Gasteiger partial charge in [0.2, 0.25) is 0 Å². The molecule has 0 amide bonds. The van der Waals surface area contributed by atoms with E-state index in [0.29, 0.717) is 0 Å². The van der Waals surface area contributed by atoms with Crippen molar-refractivity contribution in [2.45, 2.75) is 0 Å². The summed E-state index contributed by atoms with van der Waals surface area (Å²) in [6.45, 7) is 0. The molecule has 0 bridgehead atoms. The van der Waals surface area contributed by atoms with Crippen molar-refractivity contribution >= 4 is 10.4 Å². The van der Waals surface area contributed by atoms with Crippen molar-refractivity contribution in [3.63, 3.8) is 0 Å². The molecule has 0 spiro atoms. The van der Waals surface area contributed by atoms with Gasteiger partial charge in [0.15, 0.2) is 0 Å². The van der Waals surface area contributed by atoms with Gasteiger partial charge in [-0.3, -0.25) is 9.11 Å². The molecule has 0 aromatic rings. The molecule has 0 aliphatic carbocycles. The van der Waals surface area contributed by atoms with Crippen LogP contribution in [0, 0.1) is 0 Å². The van der Waals surface area contributed by atoms with E-state index in [1.54, 1.807) is 0 Å². The van der Waals surface area contributed by atoms with Crippen molar-refractivity contribution in [3.8, 4) is 0 Å². The zero-order chi connectivity index (χ0) is 4.50. The van der Waals surface area contributed by atoms with Gasteiger partial charge < -0.3 is 1.43 Å². The molecule has 0 aliphatic rings. The monoisotopic (exact) mass is 186 g/mol. The second kappa shape index (κ2) is 6.34. The molecule has 0 saturated carbocycles. The molecule has 0 unspecified atom stereocenters. The smallest absolute Gasteiger partial charge is 1.00 e. The summed E-state index contributed by atoms with van der Waals surface area (Å²) in [5.41, 5.74) is 0. The fourth-order valence-corrected chi connectivity index (χ4v) is 0. The molecule has 0 atom stereocenters. The normalized spacial score (nSPS) is 8.29. The summed E-state index contributed by atoms with van der Waals surface area (Å²) in [5.74, 6) is 0. The van der Waals surface area contributed by atoms with Gasteiger partial charge in [-0.1, -0.05) is 0 Å². The molecule has 0 heterocycles. The minimum Gasteiger partial charge on any atom is -1.00 e. The molecular weight excluding hydrogens is 183 g/mol. The predicted molar refractivity (Wildman–Crippen MR) is 15.3 cm³/mol. The fourth-order valence-electron chi connectivity index (χ4n) is 0. The van der Waals surface area contributed by atoms with Gasteiger partial charge in [-0.25, -0.2) is 0 Å². The van der Waals surface area contributed by atoms with Gasteiger partial charge in [-0.05, 0) is 0 Å². The second-order valence-electron chi connectivity index (χ2n) is 0.448. The molecule has 4 nitrogen and oxygen atoms in total.